The lowest BCUT2D eigenvalue weighted by atomic mass is 10.3. The van der Waals surface area contributed by atoms with E-state index in [-0.39, 0.29) is 0 Å². The van der Waals surface area contributed by atoms with Crippen LogP contribution in [0.3, 0.4) is 0 Å². The van der Waals surface area contributed by atoms with E-state index in [1.54, 1.807) is 6.07 Å². The van der Waals surface area contributed by atoms with Crippen molar-refractivity contribution in [2.45, 2.75) is 13.8 Å². The molecule has 5 heteroatoms. The number of pyridine rings is 1. The largest absolute Gasteiger partial charge is 0.481 e. The minimum atomic E-state index is -0.833. The zero-order valence-electron chi connectivity index (χ0n) is 8.41. The van der Waals surface area contributed by atoms with Crippen molar-refractivity contribution in [3.8, 4) is 0 Å². The summed E-state index contributed by atoms with van der Waals surface area (Å²) in [5, 5.41) is 9.05. The second-order valence-corrected chi connectivity index (χ2v) is 3.43. The molecule has 0 atom stereocenters. The lowest BCUT2D eigenvalue weighted by Crippen LogP contribution is -1.78. The van der Waals surface area contributed by atoms with Gasteiger partial charge in [-0.25, -0.2) is 4.98 Å². The minimum absolute atomic E-state index is 0.527. The van der Waals surface area contributed by atoms with Gasteiger partial charge in [0.25, 0.3) is 5.97 Å². The summed E-state index contributed by atoms with van der Waals surface area (Å²) < 4.78 is 0. The van der Waals surface area contributed by atoms with Crippen molar-refractivity contribution in [1.29, 1.82) is 0 Å². The van der Waals surface area contributed by atoms with Crippen LogP contribution in [0.2, 0.25) is 5.15 Å². The van der Waals surface area contributed by atoms with Crippen LogP contribution in [-0.2, 0) is 4.79 Å². The van der Waals surface area contributed by atoms with Gasteiger partial charge >= 0.3 is 0 Å². The molecule has 80 valence electrons. The number of carbonyl (C=O) groups is 1. The number of hydrogen-bond donors (Lipinski definition) is 2. The van der Waals surface area contributed by atoms with Crippen LogP contribution in [0.4, 0.5) is 0 Å². The molecule has 0 spiro atoms. The van der Waals surface area contributed by atoms with E-state index in [1.165, 1.54) is 0 Å². The van der Waals surface area contributed by atoms with Crippen LogP contribution in [0.1, 0.15) is 12.6 Å². The number of halogens is 1. The Labute approximate surface area is 91.9 Å². The van der Waals surface area contributed by atoms with E-state index >= 15 is 0 Å². The Morgan fingerprint density at radius 3 is 2.73 bits per heavy atom. The van der Waals surface area contributed by atoms with E-state index in [0.717, 1.165) is 23.7 Å². The highest BCUT2D eigenvalue weighted by atomic mass is 35.5. The molecule has 2 heterocycles. The summed E-state index contributed by atoms with van der Waals surface area (Å²) in [6.07, 6.45) is 0. The number of hydrogen-bond acceptors (Lipinski definition) is 2. The lowest BCUT2D eigenvalue weighted by Gasteiger charge is -1.87. The molecule has 0 amide bonds. The summed E-state index contributed by atoms with van der Waals surface area (Å²) >= 11 is 5.70. The number of aromatic amines is 1. The molecular weight excluding hydrogens is 216 g/mol. The molecular formula is C10H11ClN2O2. The summed E-state index contributed by atoms with van der Waals surface area (Å²) in [5.41, 5.74) is 1.96. The van der Waals surface area contributed by atoms with Gasteiger partial charge in [-0.15, -0.1) is 0 Å². The summed E-state index contributed by atoms with van der Waals surface area (Å²) in [6, 6.07) is 5.78. The van der Waals surface area contributed by atoms with E-state index in [4.69, 9.17) is 21.5 Å². The molecule has 0 unspecified atom stereocenters. The third-order valence-electron chi connectivity index (χ3n) is 1.58. The second-order valence-electron chi connectivity index (χ2n) is 3.04. The molecule has 4 nitrogen and oxygen atoms in total. The number of carboxylic acids is 1. The first-order valence-electron chi connectivity index (χ1n) is 4.30. The van der Waals surface area contributed by atoms with Gasteiger partial charge in [-0.2, -0.15) is 0 Å². The van der Waals surface area contributed by atoms with Crippen molar-refractivity contribution < 1.29 is 9.90 Å². The van der Waals surface area contributed by atoms with Gasteiger partial charge in [0.1, 0.15) is 10.8 Å². The van der Waals surface area contributed by atoms with Crippen molar-refractivity contribution in [3.63, 3.8) is 0 Å². The zero-order chi connectivity index (χ0) is 11.4. The number of carboxylic acid groups (broad SMARTS) is 1. The van der Waals surface area contributed by atoms with Crippen molar-refractivity contribution in [3.05, 3.63) is 29.0 Å². The molecule has 2 rings (SSSR count). The van der Waals surface area contributed by atoms with Crippen molar-refractivity contribution in [2.24, 2.45) is 0 Å². The summed E-state index contributed by atoms with van der Waals surface area (Å²) in [7, 11) is 0. The van der Waals surface area contributed by atoms with E-state index in [2.05, 4.69) is 9.97 Å². The lowest BCUT2D eigenvalue weighted by molar-refractivity contribution is -0.134. The monoisotopic (exact) mass is 226 g/mol. The molecule has 0 aliphatic carbocycles. The Morgan fingerprint density at radius 1 is 1.53 bits per heavy atom. The fraction of sp³-hybridized carbons (Fsp3) is 0.200. The molecule has 0 aliphatic heterocycles. The number of nitrogens with zero attached hydrogens (tertiary/aromatic N) is 1. The average Bonchev–Trinajstić information content (AvgIpc) is 2.42. The van der Waals surface area contributed by atoms with Crippen LogP contribution >= 0.6 is 11.6 Å². The van der Waals surface area contributed by atoms with Gasteiger partial charge in [-0.1, -0.05) is 11.6 Å². The summed E-state index contributed by atoms with van der Waals surface area (Å²) in [4.78, 5) is 16.2. The van der Waals surface area contributed by atoms with Crippen LogP contribution in [0.25, 0.3) is 11.0 Å². The average molecular weight is 227 g/mol. The maximum absolute atomic E-state index is 9.00. The molecule has 0 bridgehead atoms. The predicted molar refractivity (Wildman–Crippen MR) is 59.2 cm³/mol. The zero-order valence-corrected chi connectivity index (χ0v) is 9.17. The Bertz CT molecular complexity index is 475. The quantitative estimate of drug-likeness (QED) is 0.679. The van der Waals surface area contributed by atoms with E-state index < -0.39 is 5.97 Å². The normalized spacial score (nSPS) is 9.53. The van der Waals surface area contributed by atoms with Crippen LogP contribution in [0, 0.1) is 6.92 Å². The van der Waals surface area contributed by atoms with E-state index in [9.17, 15) is 0 Å². The molecule has 15 heavy (non-hydrogen) atoms. The first-order chi connectivity index (χ1) is 6.99. The maximum Gasteiger partial charge on any atom is 0.300 e. The minimum Gasteiger partial charge on any atom is -0.481 e. The molecule has 0 aromatic carbocycles. The first-order valence-corrected chi connectivity index (χ1v) is 4.68. The second kappa shape index (κ2) is 4.79. The van der Waals surface area contributed by atoms with Crippen LogP contribution in [-0.4, -0.2) is 21.0 Å². The topological polar surface area (TPSA) is 66.0 Å². The van der Waals surface area contributed by atoms with Gasteiger partial charge in [0.2, 0.25) is 0 Å². The standard InChI is InChI=1S/C8H7ClN2.C2H4O2/c1-5-4-6-2-3-7(9)11-8(6)10-5;1-2(3)4/h2-4H,1H3,(H,10,11);1H3,(H,3,4). The number of aryl methyl sites for hydroxylation is 1. The molecule has 0 saturated carbocycles. The fourth-order valence-corrected chi connectivity index (χ4v) is 1.27. The van der Waals surface area contributed by atoms with Gasteiger partial charge in [0, 0.05) is 18.0 Å². The predicted octanol–water partition coefficient (Wildman–Crippen LogP) is 2.62. The highest BCUT2D eigenvalue weighted by molar-refractivity contribution is 6.29. The van der Waals surface area contributed by atoms with Crippen LogP contribution in [0.5, 0.6) is 0 Å². The Hall–Kier alpha value is -1.55. The molecule has 0 aliphatic rings. The maximum atomic E-state index is 9.00. The molecule has 0 saturated heterocycles. The van der Waals surface area contributed by atoms with Crippen LogP contribution in [0.15, 0.2) is 18.2 Å². The number of rotatable bonds is 0. The molecule has 0 fully saturated rings. The smallest absolute Gasteiger partial charge is 0.300 e. The highest BCUT2D eigenvalue weighted by Gasteiger charge is 1.97. The molecule has 2 aromatic heterocycles. The Balaban J connectivity index is 0.000000245. The van der Waals surface area contributed by atoms with Crippen molar-refractivity contribution in [1.82, 2.24) is 9.97 Å². The number of aromatic nitrogens is 2. The van der Waals surface area contributed by atoms with Gasteiger partial charge in [-0.05, 0) is 25.1 Å². The van der Waals surface area contributed by atoms with Gasteiger partial charge in [0.15, 0.2) is 0 Å². The number of aliphatic carboxylic acids is 1. The van der Waals surface area contributed by atoms with E-state index in [1.807, 2.05) is 19.1 Å². The molecule has 2 aromatic rings. The fourth-order valence-electron chi connectivity index (χ4n) is 1.12. The third-order valence-corrected chi connectivity index (χ3v) is 1.79. The molecule has 0 radical (unpaired) electrons. The summed E-state index contributed by atoms with van der Waals surface area (Å²) in [6.45, 7) is 3.08. The number of H-pyrrole nitrogens is 1. The summed E-state index contributed by atoms with van der Waals surface area (Å²) in [5.74, 6) is -0.833. The van der Waals surface area contributed by atoms with Gasteiger partial charge in [0.05, 0.1) is 0 Å². The number of fused-ring (bicyclic) bond motifs is 1. The number of nitrogens with one attached hydrogen (secondary N) is 1. The van der Waals surface area contributed by atoms with E-state index in [0.29, 0.717) is 5.15 Å². The van der Waals surface area contributed by atoms with Crippen molar-refractivity contribution >= 4 is 28.6 Å². The Kier molecular flexibility index (Phi) is 3.68. The van der Waals surface area contributed by atoms with Crippen molar-refractivity contribution in [2.75, 3.05) is 0 Å². The Morgan fingerprint density at radius 2 is 2.13 bits per heavy atom. The SMILES string of the molecule is CC(=O)O.Cc1cc2ccc(Cl)nc2[nH]1. The molecule has 2 N–H and O–H groups in total. The first kappa shape index (κ1) is 11.5. The third kappa shape index (κ3) is 3.59. The van der Waals surface area contributed by atoms with Crippen LogP contribution < -0.4 is 0 Å². The van der Waals surface area contributed by atoms with Gasteiger partial charge < -0.3 is 10.1 Å². The van der Waals surface area contributed by atoms with Gasteiger partial charge in [-0.3, -0.25) is 4.79 Å². The highest BCUT2D eigenvalue weighted by Crippen LogP contribution is 2.15.